The van der Waals surface area contributed by atoms with Crippen LogP contribution in [0.2, 0.25) is 0 Å². The maximum absolute atomic E-state index is 12.3. The molecule has 4 heteroatoms. The number of carbonyl (C=O) groups excluding carboxylic acids is 1. The number of rotatable bonds is 1. The van der Waals surface area contributed by atoms with Crippen LogP contribution in [-0.4, -0.2) is 28.6 Å². The summed E-state index contributed by atoms with van der Waals surface area (Å²) in [6, 6.07) is 15.4. The molecule has 1 heterocycles. The highest BCUT2D eigenvalue weighted by molar-refractivity contribution is 5.79. The number of benzene rings is 2. The Morgan fingerprint density at radius 1 is 1.09 bits per heavy atom. The van der Waals surface area contributed by atoms with Crippen molar-refractivity contribution in [1.82, 2.24) is 10.2 Å². The smallest absolute Gasteiger partial charge is 0.318 e. The third kappa shape index (κ3) is 1.73. The average molecular weight is 294 g/mol. The molecular formula is C18H18N2O2. The zero-order valence-corrected chi connectivity index (χ0v) is 12.4. The molecule has 0 unspecified atom stereocenters. The quantitative estimate of drug-likeness (QED) is 0.849. The van der Waals surface area contributed by atoms with Crippen molar-refractivity contribution in [1.29, 1.82) is 0 Å². The summed E-state index contributed by atoms with van der Waals surface area (Å²) in [7, 11) is 1.88. The first kappa shape index (κ1) is 13.2. The summed E-state index contributed by atoms with van der Waals surface area (Å²) in [5, 5.41) is 12.6. The Labute approximate surface area is 129 Å². The van der Waals surface area contributed by atoms with E-state index in [1.807, 2.05) is 24.1 Å². The van der Waals surface area contributed by atoms with E-state index in [1.54, 1.807) is 12.1 Å². The molecule has 112 valence electrons. The zero-order valence-electron chi connectivity index (χ0n) is 12.4. The summed E-state index contributed by atoms with van der Waals surface area (Å²) >= 11 is 0. The Kier molecular flexibility index (Phi) is 2.70. The molecule has 4 rings (SSSR count). The fourth-order valence-corrected chi connectivity index (χ4v) is 3.88. The van der Waals surface area contributed by atoms with E-state index in [9.17, 15) is 9.90 Å². The van der Waals surface area contributed by atoms with E-state index < -0.39 is 0 Å². The van der Waals surface area contributed by atoms with E-state index in [2.05, 4.69) is 29.6 Å². The largest absolute Gasteiger partial charge is 0.508 e. The monoisotopic (exact) mass is 294 g/mol. The Bertz CT molecular complexity index is 714. The van der Waals surface area contributed by atoms with Crippen LogP contribution in [-0.2, 0) is 12.8 Å². The van der Waals surface area contributed by atoms with Crippen molar-refractivity contribution in [2.45, 2.75) is 24.4 Å². The molecule has 1 aliphatic heterocycles. The van der Waals surface area contributed by atoms with Crippen LogP contribution in [0.1, 0.15) is 22.7 Å². The molecule has 22 heavy (non-hydrogen) atoms. The average Bonchev–Trinajstić information content (AvgIpc) is 3.02. The topological polar surface area (TPSA) is 52.6 Å². The minimum atomic E-state index is -0.266. The Morgan fingerprint density at radius 3 is 2.27 bits per heavy atom. The molecule has 2 N–H and O–H groups in total. The van der Waals surface area contributed by atoms with Crippen LogP contribution in [0.3, 0.4) is 0 Å². The van der Waals surface area contributed by atoms with Crippen LogP contribution in [0.25, 0.3) is 0 Å². The van der Waals surface area contributed by atoms with Gasteiger partial charge in [0, 0.05) is 7.05 Å². The van der Waals surface area contributed by atoms with E-state index >= 15 is 0 Å². The van der Waals surface area contributed by atoms with Crippen LogP contribution in [0.4, 0.5) is 4.79 Å². The van der Waals surface area contributed by atoms with Crippen LogP contribution >= 0.6 is 0 Å². The van der Waals surface area contributed by atoms with Gasteiger partial charge < -0.3 is 15.3 Å². The predicted molar refractivity (Wildman–Crippen MR) is 83.7 cm³/mol. The van der Waals surface area contributed by atoms with Crippen molar-refractivity contribution in [3.63, 3.8) is 0 Å². The van der Waals surface area contributed by atoms with E-state index in [4.69, 9.17) is 0 Å². The molecule has 0 radical (unpaired) electrons. The Morgan fingerprint density at radius 2 is 1.68 bits per heavy atom. The summed E-state index contributed by atoms with van der Waals surface area (Å²) in [5.74, 6) is 0.241. The first-order valence-electron chi connectivity index (χ1n) is 7.50. The number of nitrogens with one attached hydrogen (secondary N) is 1. The van der Waals surface area contributed by atoms with Crippen LogP contribution in [0, 0.1) is 0 Å². The van der Waals surface area contributed by atoms with Gasteiger partial charge in [-0.3, -0.25) is 0 Å². The molecule has 1 atom stereocenters. The van der Waals surface area contributed by atoms with Crippen LogP contribution in [0.5, 0.6) is 5.75 Å². The van der Waals surface area contributed by atoms with Gasteiger partial charge in [0.2, 0.25) is 0 Å². The minimum Gasteiger partial charge on any atom is -0.508 e. The number of carbonyl (C=O) groups is 1. The zero-order chi connectivity index (χ0) is 15.3. The molecule has 2 amide bonds. The number of hydrogen-bond donors (Lipinski definition) is 2. The van der Waals surface area contributed by atoms with Crippen molar-refractivity contribution in [2.24, 2.45) is 0 Å². The second-order valence-electron chi connectivity index (χ2n) is 6.26. The Balaban J connectivity index is 1.79. The molecule has 0 bridgehead atoms. The van der Waals surface area contributed by atoms with Gasteiger partial charge in [0.1, 0.15) is 5.75 Å². The number of phenols is 1. The molecule has 2 aromatic carbocycles. The maximum Gasteiger partial charge on any atom is 0.318 e. The lowest BCUT2D eigenvalue weighted by Gasteiger charge is -2.35. The molecule has 2 aliphatic rings. The number of nitrogens with zero attached hydrogens (tertiary/aromatic N) is 1. The summed E-state index contributed by atoms with van der Waals surface area (Å²) in [6.07, 6.45) is 1.70. The number of aromatic hydroxyl groups is 1. The van der Waals surface area contributed by atoms with Crippen LogP contribution < -0.4 is 5.32 Å². The van der Waals surface area contributed by atoms with E-state index in [-0.39, 0.29) is 23.4 Å². The van der Waals surface area contributed by atoms with Gasteiger partial charge in [0.15, 0.2) is 0 Å². The van der Waals surface area contributed by atoms with E-state index in [0.29, 0.717) is 0 Å². The fourth-order valence-electron chi connectivity index (χ4n) is 3.88. The number of urea groups is 1. The van der Waals surface area contributed by atoms with Gasteiger partial charge in [-0.2, -0.15) is 0 Å². The molecule has 4 nitrogen and oxygen atoms in total. The SMILES string of the molecule is CN1C(=O)N[C@H](c2ccc(O)cc2)C12Cc1ccccc1C2. The highest BCUT2D eigenvalue weighted by Crippen LogP contribution is 2.46. The molecule has 1 spiro atoms. The first-order chi connectivity index (χ1) is 10.6. The molecule has 0 saturated carbocycles. The van der Waals surface area contributed by atoms with Crippen LogP contribution in [0.15, 0.2) is 48.5 Å². The number of phenolic OH excluding ortho intramolecular Hbond substituents is 1. The summed E-state index contributed by atoms with van der Waals surface area (Å²) in [6.45, 7) is 0. The van der Waals surface area contributed by atoms with Crippen molar-refractivity contribution >= 4 is 6.03 Å². The fraction of sp³-hybridized carbons (Fsp3) is 0.278. The third-order valence-corrected chi connectivity index (χ3v) is 5.12. The van der Waals surface area contributed by atoms with Gasteiger partial charge in [-0.15, -0.1) is 0 Å². The van der Waals surface area contributed by atoms with Gasteiger partial charge in [-0.05, 0) is 41.7 Å². The molecular weight excluding hydrogens is 276 g/mol. The lowest BCUT2D eigenvalue weighted by atomic mass is 9.83. The predicted octanol–water partition coefficient (Wildman–Crippen LogP) is 2.63. The van der Waals surface area contributed by atoms with Crippen molar-refractivity contribution in [2.75, 3.05) is 7.05 Å². The lowest BCUT2D eigenvalue weighted by molar-refractivity contribution is 0.168. The van der Waals surface area contributed by atoms with Crippen molar-refractivity contribution in [3.05, 3.63) is 65.2 Å². The second-order valence-corrected chi connectivity index (χ2v) is 6.26. The normalized spacial score (nSPS) is 22.0. The highest BCUT2D eigenvalue weighted by Gasteiger charge is 2.54. The number of fused-ring (bicyclic) bond motifs is 1. The van der Waals surface area contributed by atoms with Crippen molar-refractivity contribution in [3.8, 4) is 5.75 Å². The van der Waals surface area contributed by atoms with Gasteiger partial charge >= 0.3 is 6.03 Å². The third-order valence-electron chi connectivity index (χ3n) is 5.12. The lowest BCUT2D eigenvalue weighted by Crippen LogP contribution is -2.47. The second kappa shape index (κ2) is 4.50. The van der Waals surface area contributed by atoms with Gasteiger partial charge in [0.25, 0.3) is 0 Å². The summed E-state index contributed by atoms with van der Waals surface area (Å²) < 4.78 is 0. The standard InChI is InChI=1S/C18H18N2O2/c1-20-17(22)19-16(12-6-8-15(21)9-7-12)18(20)10-13-4-2-3-5-14(13)11-18/h2-9,16,21H,10-11H2,1H3,(H,19,22)/t16-/m1/s1. The number of hydrogen-bond acceptors (Lipinski definition) is 2. The molecule has 1 fully saturated rings. The van der Waals surface area contributed by atoms with Gasteiger partial charge in [-0.1, -0.05) is 36.4 Å². The molecule has 2 aromatic rings. The van der Waals surface area contributed by atoms with Crippen molar-refractivity contribution < 1.29 is 9.90 Å². The van der Waals surface area contributed by atoms with E-state index in [0.717, 1.165) is 18.4 Å². The van der Waals surface area contributed by atoms with E-state index in [1.165, 1.54) is 11.1 Å². The summed E-state index contributed by atoms with van der Waals surface area (Å²) in [5.41, 5.74) is 3.39. The minimum absolute atomic E-state index is 0.0362. The Hall–Kier alpha value is -2.49. The van der Waals surface area contributed by atoms with Gasteiger partial charge in [0.05, 0.1) is 11.6 Å². The summed E-state index contributed by atoms with van der Waals surface area (Å²) in [4.78, 5) is 14.2. The van der Waals surface area contributed by atoms with Gasteiger partial charge in [-0.25, -0.2) is 4.79 Å². The maximum atomic E-state index is 12.3. The number of likely N-dealkylation sites (N-methyl/N-ethyl adjacent to an activating group) is 1. The highest BCUT2D eigenvalue weighted by atomic mass is 16.3. The first-order valence-corrected chi connectivity index (χ1v) is 7.50. The molecule has 0 aromatic heterocycles. The number of amides is 2. The molecule has 1 saturated heterocycles. The molecule has 1 aliphatic carbocycles.